The fourth-order valence-corrected chi connectivity index (χ4v) is 2.60. The van der Waals surface area contributed by atoms with Crippen molar-refractivity contribution in [2.24, 2.45) is 0 Å². The van der Waals surface area contributed by atoms with Crippen molar-refractivity contribution in [3.63, 3.8) is 0 Å². The minimum absolute atomic E-state index is 0.441. The largest absolute Gasteiger partial charge is 0.497 e. The number of nitrogens with one attached hydrogen (secondary N) is 1. The predicted octanol–water partition coefficient (Wildman–Crippen LogP) is 3.46. The van der Waals surface area contributed by atoms with Crippen LogP contribution in [0.25, 0.3) is 11.4 Å². The van der Waals surface area contributed by atoms with Crippen LogP contribution in [0.2, 0.25) is 0 Å². The number of ether oxygens (including phenoxy) is 1. The standard InChI is InChI=1S/C15H15N3O2S/c1-19-13-4-2-12(3-5-13)14-17-15(20-18-14)16-8-6-11-7-9-21-10-11/h2-5,7,9-10H,6,8H2,1H3,(H,16,17,18). The third-order valence-electron chi connectivity index (χ3n) is 3.04. The highest BCUT2D eigenvalue weighted by Crippen LogP contribution is 2.20. The van der Waals surface area contributed by atoms with Crippen LogP contribution in [0.15, 0.2) is 45.6 Å². The van der Waals surface area contributed by atoms with Crippen molar-refractivity contribution in [3.05, 3.63) is 46.7 Å². The Morgan fingerprint density at radius 1 is 1.24 bits per heavy atom. The van der Waals surface area contributed by atoms with Crippen molar-refractivity contribution in [2.75, 3.05) is 19.0 Å². The SMILES string of the molecule is COc1ccc(-c2noc(NCCc3ccsc3)n2)cc1. The van der Waals surface area contributed by atoms with Crippen LogP contribution in [0.1, 0.15) is 5.56 Å². The molecule has 0 unspecified atom stereocenters. The summed E-state index contributed by atoms with van der Waals surface area (Å²) >= 11 is 1.70. The second-order valence-corrected chi connectivity index (χ2v) is 5.24. The number of rotatable bonds is 6. The van der Waals surface area contributed by atoms with Gasteiger partial charge in [-0.05, 0) is 53.1 Å². The highest BCUT2D eigenvalue weighted by atomic mass is 32.1. The van der Waals surface area contributed by atoms with E-state index in [1.165, 1.54) is 5.56 Å². The fourth-order valence-electron chi connectivity index (χ4n) is 1.90. The molecule has 3 aromatic rings. The maximum atomic E-state index is 5.19. The molecule has 5 nitrogen and oxygen atoms in total. The Morgan fingerprint density at radius 2 is 2.10 bits per heavy atom. The van der Waals surface area contributed by atoms with Gasteiger partial charge in [-0.25, -0.2) is 0 Å². The van der Waals surface area contributed by atoms with Gasteiger partial charge < -0.3 is 14.6 Å². The van der Waals surface area contributed by atoms with Crippen molar-refractivity contribution in [1.82, 2.24) is 10.1 Å². The maximum absolute atomic E-state index is 5.19. The lowest BCUT2D eigenvalue weighted by Crippen LogP contribution is -2.04. The molecular formula is C15H15N3O2S. The molecule has 0 fully saturated rings. The van der Waals surface area contributed by atoms with E-state index in [1.807, 2.05) is 24.3 Å². The van der Waals surface area contributed by atoms with Gasteiger partial charge in [0.25, 0.3) is 0 Å². The lowest BCUT2D eigenvalue weighted by molar-refractivity contribution is 0.415. The van der Waals surface area contributed by atoms with Gasteiger partial charge in [-0.15, -0.1) is 0 Å². The first-order valence-electron chi connectivity index (χ1n) is 6.58. The second-order valence-electron chi connectivity index (χ2n) is 4.46. The van der Waals surface area contributed by atoms with Gasteiger partial charge in [-0.1, -0.05) is 5.16 Å². The molecule has 1 N–H and O–H groups in total. The summed E-state index contributed by atoms with van der Waals surface area (Å²) in [6.45, 7) is 0.765. The van der Waals surface area contributed by atoms with Crippen molar-refractivity contribution < 1.29 is 9.26 Å². The highest BCUT2D eigenvalue weighted by molar-refractivity contribution is 7.07. The summed E-state index contributed by atoms with van der Waals surface area (Å²) in [6, 6.07) is 10.1. The maximum Gasteiger partial charge on any atom is 0.321 e. The fraction of sp³-hybridized carbons (Fsp3) is 0.200. The molecule has 108 valence electrons. The smallest absolute Gasteiger partial charge is 0.321 e. The molecule has 6 heteroatoms. The molecule has 3 rings (SSSR count). The normalized spacial score (nSPS) is 10.5. The van der Waals surface area contributed by atoms with Crippen LogP contribution in [0.4, 0.5) is 6.01 Å². The topological polar surface area (TPSA) is 60.2 Å². The summed E-state index contributed by atoms with van der Waals surface area (Å²) in [6.07, 6.45) is 0.934. The molecule has 21 heavy (non-hydrogen) atoms. The van der Waals surface area contributed by atoms with E-state index >= 15 is 0 Å². The Kier molecular flexibility index (Phi) is 4.16. The first-order chi connectivity index (χ1) is 10.3. The average molecular weight is 301 g/mol. The van der Waals surface area contributed by atoms with E-state index in [0.717, 1.165) is 24.3 Å². The van der Waals surface area contributed by atoms with E-state index in [1.54, 1.807) is 18.4 Å². The highest BCUT2D eigenvalue weighted by Gasteiger charge is 2.08. The molecule has 0 saturated carbocycles. The Labute approximate surface area is 126 Å². The van der Waals surface area contributed by atoms with Crippen molar-refractivity contribution in [1.29, 1.82) is 0 Å². The number of methoxy groups -OCH3 is 1. The van der Waals surface area contributed by atoms with Crippen LogP contribution >= 0.6 is 11.3 Å². The first kappa shape index (κ1) is 13.6. The van der Waals surface area contributed by atoms with Gasteiger partial charge in [0.05, 0.1) is 7.11 Å². The van der Waals surface area contributed by atoms with Gasteiger partial charge in [-0.3, -0.25) is 0 Å². The van der Waals surface area contributed by atoms with Crippen LogP contribution < -0.4 is 10.1 Å². The van der Waals surface area contributed by atoms with Crippen LogP contribution in [-0.4, -0.2) is 23.8 Å². The Morgan fingerprint density at radius 3 is 2.81 bits per heavy atom. The van der Waals surface area contributed by atoms with Gasteiger partial charge in [0, 0.05) is 12.1 Å². The van der Waals surface area contributed by atoms with E-state index in [0.29, 0.717) is 11.8 Å². The summed E-state index contributed by atoms with van der Waals surface area (Å²) in [7, 11) is 1.64. The van der Waals surface area contributed by atoms with E-state index in [9.17, 15) is 0 Å². The van der Waals surface area contributed by atoms with Crippen LogP contribution in [0, 0.1) is 0 Å². The lowest BCUT2D eigenvalue weighted by atomic mass is 10.2. The summed E-state index contributed by atoms with van der Waals surface area (Å²) in [5.74, 6) is 1.37. The molecule has 0 aliphatic heterocycles. The number of hydrogen-bond donors (Lipinski definition) is 1. The van der Waals surface area contributed by atoms with Gasteiger partial charge in [-0.2, -0.15) is 16.3 Å². The van der Waals surface area contributed by atoms with E-state index in [2.05, 4.69) is 32.3 Å². The van der Waals surface area contributed by atoms with Gasteiger partial charge in [0.15, 0.2) is 0 Å². The summed E-state index contributed by atoms with van der Waals surface area (Å²) in [5.41, 5.74) is 2.20. The molecule has 0 bridgehead atoms. The monoisotopic (exact) mass is 301 g/mol. The number of aromatic nitrogens is 2. The van der Waals surface area contributed by atoms with Crippen molar-refractivity contribution in [3.8, 4) is 17.1 Å². The number of benzene rings is 1. The zero-order valence-corrected chi connectivity index (χ0v) is 12.4. The molecule has 0 saturated heterocycles. The minimum atomic E-state index is 0.441. The molecule has 2 aromatic heterocycles. The van der Waals surface area contributed by atoms with E-state index in [4.69, 9.17) is 9.26 Å². The van der Waals surface area contributed by atoms with E-state index in [-0.39, 0.29) is 0 Å². The number of thiophene rings is 1. The lowest BCUT2D eigenvalue weighted by Gasteiger charge is -1.99. The molecule has 2 heterocycles. The quantitative estimate of drug-likeness (QED) is 0.755. The van der Waals surface area contributed by atoms with Crippen molar-refractivity contribution >= 4 is 17.4 Å². The molecule has 0 atom stereocenters. The molecule has 0 amide bonds. The molecule has 0 aliphatic rings. The number of anilines is 1. The molecule has 0 spiro atoms. The predicted molar refractivity (Wildman–Crippen MR) is 82.8 cm³/mol. The molecular weight excluding hydrogens is 286 g/mol. The first-order valence-corrected chi connectivity index (χ1v) is 7.52. The third kappa shape index (κ3) is 3.41. The molecule has 0 radical (unpaired) electrons. The molecule has 1 aromatic carbocycles. The second kappa shape index (κ2) is 6.41. The summed E-state index contributed by atoms with van der Waals surface area (Å²) in [4.78, 5) is 4.33. The Hall–Kier alpha value is -2.34. The molecule has 0 aliphatic carbocycles. The van der Waals surface area contributed by atoms with E-state index < -0.39 is 0 Å². The van der Waals surface area contributed by atoms with Crippen LogP contribution in [0.3, 0.4) is 0 Å². The van der Waals surface area contributed by atoms with Crippen LogP contribution in [-0.2, 0) is 6.42 Å². The third-order valence-corrected chi connectivity index (χ3v) is 3.78. The number of nitrogens with zero attached hydrogens (tertiary/aromatic N) is 2. The zero-order valence-electron chi connectivity index (χ0n) is 11.6. The van der Waals surface area contributed by atoms with Crippen molar-refractivity contribution in [2.45, 2.75) is 6.42 Å². The summed E-state index contributed by atoms with van der Waals surface area (Å²) < 4.78 is 10.3. The summed E-state index contributed by atoms with van der Waals surface area (Å²) in [5, 5.41) is 11.3. The number of hydrogen-bond acceptors (Lipinski definition) is 6. The van der Waals surface area contributed by atoms with Gasteiger partial charge >= 0.3 is 6.01 Å². The Bertz CT molecular complexity index is 677. The van der Waals surface area contributed by atoms with Gasteiger partial charge in [0.1, 0.15) is 5.75 Å². The van der Waals surface area contributed by atoms with Gasteiger partial charge in [0.2, 0.25) is 5.82 Å². The van der Waals surface area contributed by atoms with Crippen LogP contribution in [0.5, 0.6) is 5.75 Å². The Balaban J connectivity index is 1.60. The minimum Gasteiger partial charge on any atom is -0.497 e. The zero-order chi connectivity index (χ0) is 14.5. The average Bonchev–Trinajstić information content (AvgIpc) is 3.19.